The summed E-state index contributed by atoms with van der Waals surface area (Å²) in [6.07, 6.45) is 1.22. The number of nitro groups is 1. The Balaban J connectivity index is 1.50. The van der Waals surface area contributed by atoms with Gasteiger partial charge in [0.15, 0.2) is 11.5 Å². The summed E-state index contributed by atoms with van der Waals surface area (Å²) >= 11 is 5.72. The minimum atomic E-state index is -0.621. The largest absolute Gasteiger partial charge is 0.454 e. The molecule has 0 saturated carbocycles. The van der Waals surface area contributed by atoms with Crippen molar-refractivity contribution in [1.29, 1.82) is 0 Å². The quantitative estimate of drug-likeness (QED) is 0.429. The number of nitrogens with zero attached hydrogens (tertiary/aromatic N) is 2. The summed E-state index contributed by atoms with van der Waals surface area (Å²) in [7, 11) is 0. The average Bonchev–Trinajstić information content (AvgIpc) is 3.15. The summed E-state index contributed by atoms with van der Waals surface area (Å²) in [4.78, 5) is 34.1. The number of amides is 2. The molecule has 0 spiro atoms. The zero-order valence-corrected chi connectivity index (χ0v) is 14.9. The van der Waals surface area contributed by atoms with Gasteiger partial charge >= 0.3 is 0 Å². The first-order valence-electron chi connectivity index (χ1n) is 7.88. The molecule has 0 aromatic heterocycles. The van der Waals surface area contributed by atoms with Gasteiger partial charge in [-0.2, -0.15) is 5.10 Å². The number of hydrogen-bond acceptors (Lipinski definition) is 7. The Bertz CT molecular complexity index is 978. The first-order chi connectivity index (χ1) is 13.4. The molecule has 1 heterocycles. The average molecular weight is 405 g/mol. The molecule has 2 N–H and O–H groups in total. The monoisotopic (exact) mass is 404 g/mol. The number of hydrazone groups is 1. The van der Waals surface area contributed by atoms with E-state index in [0.717, 1.165) is 0 Å². The van der Waals surface area contributed by atoms with Gasteiger partial charge in [0.05, 0.1) is 17.7 Å². The van der Waals surface area contributed by atoms with Gasteiger partial charge in [-0.05, 0) is 24.3 Å². The van der Waals surface area contributed by atoms with E-state index >= 15 is 0 Å². The highest BCUT2D eigenvalue weighted by Crippen LogP contribution is 2.32. The third-order valence-corrected chi connectivity index (χ3v) is 3.93. The fourth-order valence-electron chi connectivity index (χ4n) is 2.27. The van der Waals surface area contributed by atoms with E-state index in [-0.39, 0.29) is 24.0 Å². The van der Waals surface area contributed by atoms with Crippen LogP contribution in [0.5, 0.6) is 11.5 Å². The Morgan fingerprint density at radius 1 is 1.21 bits per heavy atom. The van der Waals surface area contributed by atoms with Crippen LogP contribution < -0.4 is 20.2 Å². The number of hydrogen-bond donors (Lipinski definition) is 2. The van der Waals surface area contributed by atoms with Gasteiger partial charge < -0.3 is 14.8 Å². The number of carbonyl (C=O) groups excluding carboxylic acids is 2. The molecule has 2 aromatic carbocycles. The highest BCUT2D eigenvalue weighted by atomic mass is 35.5. The van der Waals surface area contributed by atoms with Gasteiger partial charge in [0.1, 0.15) is 5.02 Å². The van der Waals surface area contributed by atoms with Crippen LogP contribution in [0.2, 0.25) is 5.02 Å². The van der Waals surface area contributed by atoms with E-state index in [1.54, 1.807) is 12.1 Å². The smallest absolute Gasteiger partial charge is 0.288 e. The molecule has 2 amide bonds. The zero-order chi connectivity index (χ0) is 20.1. The van der Waals surface area contributed by atoms with E-state index in [9.17, 15) is 19.7 Å². The summed E-state index contributed by atoms with van der Waals surface area (Å²) < 4.78 is 10.4. The second kappa shape index (κ2) is 8.35. The number of fused-ring (bicyclic) bond motifs is 1. The molecule has 10 nitrogen and oxygen atoms in total. The van der Waals surface area contributed by atoms with Crippen LogP contribution in [0, 0.1) is 10.1 Å². The highest BCUT2D eigenvalue weighted by molar-refractivity contribution is 6.32. The minimum Gasteiger partial charge on any atom is -0.454 e. The first kappa shape index (κ1) is 19.1. The van der Waals surface area contributed by atoms with Crippen LogP contribution >= 0.6 is 11.6 Å². The van der Waals surface area contributed by atoms with Crippen molar-refractivity contribution < 1.29 is 24.0 Å². The molecule has 11 heteroatoms. The van der Waals surface area contributed by atoms with E-state index in [0.29, 0.717) is 22.6 Å². The lowest BCUT2D eigenvalue weighted by atomic mass is 10.2. The van der Waals surface area contributed by atoms with E-state index in [1.807, 2.05) is 0 Å². The first-order valence-corrected chi connectivity index (χ1v) is 8.25. The minimum absolute atomic E-state index is 0.00239. The topological polar surface area (TPSA) is 132 Å². The molecular formula is C17H13ClN4O6. The van der Waals surface area contributed by atoms with E-state index < -0.39 is 16.7 Å². The van der Waals surface area contributed by atoms with E-state index in [1.165, 1.54) is 30.5 Å². The van der Waals surface area contributed by atoms with Crippen molar-refractivity contribution in [3.05, 3.63) is 62.7 Å². The van der Waals surface area contributed by atoms with Crippen LogP contribution in [0.25, 0.3) is 0 Å². The molecule has 0 unspecified atom stereocenters. The van der Waals surface area contributed by atoms with Gasteiger partial charge in [-0.3, -0.25) is 19.7 Å². The molecule has 1 aliphatic heterocycles. The molecule has 0 fully saturated rings. The summed E-state index contributed by atoms with van der Waals surface area (Å²) in [5.74, 6) is -0.0376. The Morgan fingerprint density at radius 2 is 2.00 bits per heavy atom. The predicted octanol–water partition coefficient (Wildman–Crippen LogP) is 1.86. The summed E-state index contributed by atoms with van der Waals surface area (Å²) in [5.41, 5.74) is 2.63. The lowest BCUT2D eigenvalue weighted by Gasteiger charge is -2.05. The van der Waals surface area contributed by atoms with Crippen molar-refractivity contribution in [3.8, 4) is 11.5 Å². The lowest BCUT2D eigenvalue weighted by molar-refractivity contribution is -0.384. The fourth-order valence-corrected chi connectivity index (χ4v) is 2.46. The molecule has 0 bridgehead atoms. The van der Waals surface area contributed by atoms with Gasteiger partial charge in [0.25, 0.3) is 17.5 Å². The Labute approximate surface area is 163 Å². The molecule has 1 aliphatic rings. The Kier molecular flexibility index (Phi) is 5.70. The Morgan fingerprint density at radius 3 is 2.79 bits per heavy atom. The summed E-state index contributed by atoms with van der Waals surface area (Å²) in [5, 5.41) is 17.0. The van der Waals surface area contributed by atoms with Crippen molar-refractivity contribution in [2.75, 3.05) is 13.3 Å². The SMILES string of the molecule is O=C(CNC(=O)c1ccc2c(c1)OCO2)NN=Cc1ccc(Cl)c([N+](=O)[O-])c1. The van der Waals surface area contributed by atoms with Crippen LogP contribution in [0.3, 0.4) is 0 Å². The summed E-state index contributed by atoms with van der Waals surface area (Å²) in [6.45, 7) is -0.219. The number of carbonyl (C=O) groups is 2. The predicted molar refractivity (Wildman–Crippen MR) is 98.7 cm³/mol. The van der Waals surface area contributed by atoms with Crippen molar-refractivity contribution >= 4 is 35.3 Å². The highest BCUT2D eigenvalue weighted by Gasteiger charge is 2.16. The summed E-state index contributed by atoms with van der Waals surface area (Å²) in [6, 6.07) is 8.75. The molecule has 0 atom stereocenters. The molecule has 0 aliphatic carbocycles. The van der Waals surface area contributed by atoms with Crippen LogP contribution in [0.15, 0.2) is 41.5 Å². The van der Waals surface area contributed by atoms with Gasteiger partial charge in [-0.1, -0.05) is 17.7 Å². The third-order valence-electron chi connectivity index (χ3n) is 3.61. The van der Waals surface area contributed by atoms with Gasteiger partial charge in [0, 0.05) is 17.2 Å². The van der Waals surface area contributed by atoms with E-state index in [2.05, 4.69) is 15.8 Å². The maximum absolute atomic E-state index is 12.1. The Hall–Kier alpha value is -3.66. The molecule has 2 aromatic rings. The normalized spacial score (nSPS) is 12.0. The van der Waals surface area contributed by atoms with Crippen LogP contribution in [-0.2, 0) is 4.79 Å². The molecule has 0 radical (unpaired) electrons. The van der Waals surface area contributed by atoms with E-state index in [4.69, 9.17) is 21.1 Å². The van der Waals surface area contributed by atoms with Crippen LogP contribution in [-0.4, -0.2) is 36.3 Å². The molecule has 144 valence electrons. The van der Waals surface area contributed by atoms with Gasteiger partial charge in [-0.25, -0.2) is 5.43 Å². The zero-order valence-electron chi connectivity index (χ0n) is 14.2. The van der Waals surface area contributed by atoms with Crippen LogP contribution in [0.4, 0.5) is 5.69 Å². The van der Waals surface area contributed by atoms with Crippen molar-refractivity contribution in [2.24, 2.45) is 5.10 Å². The molecule has 28 heavy (non-hydrogen) atoms. The van der Waals surface area contributed by atoms with Crippen molar-refractivity contribution in [2.45, 2.75) is 0 Å². The molecule has 3 rings (SSSR count). The second-order valence-electron chi connectivity index (χ2n) is 5.51. The van der Waals surface area contributed by atoms with Gasteiger partial charge in [0.2, 0.25) is 6.79 Å². The maximum Gasteiger partial charge on any atom is 0.288 e. The fraction of sp³-hybridized carbons (Fsp3) is 0.118. The molecule has 0 saturated heterocycles. The number of ether oxygens (including phenoxy) is 2. The maximum atomic E-state index is 12.1. The van der Waals surface area contributed by atoms with Crippen molar-refractivity contribution in [3.63, 3.8) is 0 Å². The van der Waals surface area contributed by atoms with Crippen LogP contribution in [0.1, 0.15) is 15.9 Å². The third kappa shape index (κ3) is 4.54. The number of halogens is 1. The second-order valence-corrected chi connectivity index (χ2v) is 5.92. The van der Waals surface area contributed by atoms with Gasteiger partial charge in [-0.15, -0.1) is 0 Å². The number of nitro benzene ring substituents is 1. The standard InChI is InChI=1S/C17H13ClN4O6/c18-12-3-1-10(5-13(12)22(25)26)7-20-21-16(23)8-19-17(24)11-2-4-14-15(6-11)28-9-27-14/h1-7H,8-9H2,(H,19,24)(H,21,23). The number of benzene rings is 2. The van der Waals surface area contributed by atoms with Crippen molar-refractivity contribution in [1.82, 2.24) is 10.7 Å². The molecular weight excluding hydrogens is 392 g/mol. The number of nitrogens with one attached hydrogen (secondary N) is 2. The lowest BCUT2D eigenvalue weighted by Crippen LogP contribution is -2.34. The number of rotatable bonds is 6.